The summed E-state index contributed by atoms with van der Waals surface area (Å²) < 4.78 is 5.29. The van der Waals surface area contributed by atoms with Gasteiger partial charge < -0.3 is 9.64 Å². The lowest BCUT2D eigenvalue weighted by molar-refractivity contribution is -0.118. The number of fused-ring (bicyclic) bond motifs is 1. The number of hydrogen-bond acceptors (Lipinski definition) is 3. The molecule has 1 fully saturated rings. The van der Waals surface area contributed by atoms with Crippen LogP contribution in [0.1, 0.15) is 45.1 Å². The summed E-state index contributed by atoms with van der Waals surface area (Å²) in [5.41, 5.74) is 8.58. The quantitative estimate of drug-likeness (QED) is 0.355. The van der Waals surface area contributed by atoms with E-state index in [2.05, 4.69) is 62.0 Å². The molecule has 0 spiro atoms. The number of carbonyl (C=O) groups excluding carboxylic acids is 1. The van der Waals surface area contributed by atoms with Crippen LogP contribution < -0.4 is 4.74 Å². The highest BCUT2D eigenvalue weighted by Crippen LogP contribution is 2.45. The second kappa shape index (κ2) is 8.86. The molecule has 3 rings (SSSR count). The van der Waals surface area contributed by atoms with Crippen molar-refractivity contribution in [3.63, 3.8) is 0 Å². The van der Waals surface area contributed by atoms with Crippen LogP contribution in [0.25, 0.3) is 0 Å². The van der Waals surface area contributed by atoms with Gasteiger partial charge in [0.25, 0.3) is 0 Å². The van der Waals surface area contributed by atoms with E-state index in [4.69, 9.17) is 4.74 Å². The molecule has 1 aromatic carbocycles. The Hall–Kier alpha value is -2.25. The Morgan fingerprint density at radius 2 is 1.87 bits per heavy atom. The van der Waals surface area contributed by atoms with Crippen molar-refractivity contribution >= 4 is 13.9 Å². The van der Waals surface area contributed by atoms with Crippen molar-refractivity contribution in [1.82, 2.24) is 4.90 Å². The molecular weight excluding hydrogens is 386 g/mol. The van der Waals surface area contributed by atoms with E-state index in [1.807, 2.05) is 18.2 Å². The third-order valence-corrected chi connectivity index (χ3v) is 7.00. The number of benzene rings is 1. The van der Waals surface area contributed by atoms with Crippen molar-refractivity contribution < 1.29 is 9.53 Å². The van der Waals surface area contributed by atoms with Crippen molar-refractivity contribution in [3.8, 4) is 17.2 Å². The SMILES string of the molecule is COc1ccc(CC2=CC(=O)C[C@@]3(CCC#C[Si](C)(C)C)CC(=C(C)C)CN23)cc1. The second-order valence-corrected chi connectivity index (χ2v) is 14.7. The lowest BCUT2D eigenvalue weighted by Gasteiger charge is -2.43. The van der Waals surface area contributed by atoms with Crippen LogP contribution in [0.5, 0.6) is 5.75 Å². The first-order valence-electron chi connectivity index (χ1n) is 10.9. The van der Waals surface area contributed by atoms with Crippen LogP contribution in [0, 0.1) is 11.5 Å². The maximum absolute atomic E-state index is 12.8. The first-order chi connectivity index (χ1) is 14.1. The smallest absolute Gasteiger partial charge is 0.159 e. The van der Waals surface area contributed by atoms with Crippen LogP contribution in [0.2, 0.25) is 19.6 Å². The van der Waals surface area contributed by atoms with Crippen LogP contribution in [0.3, 0.4) is 0 Å². The van der Waals surface area contributed by atoms with E-state index < -0.39 is 8.07 Å². The summed E-state index contributed by atoms with van der Waals surface area (Å²) in [6, 6.07) is 8.17. The van der Waals surface area contributed by atoms with E-state index in [0.29, 0.717) is 6.42 Å². The number of methoxy groups -OCH3 is 1. The third-order valence-electron chi connectivity index (χ3n) is 6.07. The molecule has 0 saturated carbocycles. The number of ether oxygens (including phenoxy) is 1. The van der Waals surface area contributed by atoms with Crippen LogP contribution in [0.4, 0.5) is 0 Å². The monoisotopic (exact) mass is 421 g/mol. The molecule has 1 saturated heterocycles. The Bertz CT molecular complexity index is 921. The van der Waals surface area contributed by atoms with Crippen molar-refractivity contribution in [2.24, 2.45) is 0 Å². The Morgan fingerprint density at radius 1 is 1.17 bits per heavy atom. The zero-order valence-electron chi connectivity index (χ0n) is 19.4. The summed E-state index contributed by atoms with van der Waals surface area (Å²) in [6.45, 7) is 12.2. The van der Waals surface area contributed by atoms with Crippen LogP contribution in [-0.4, -0.2) is 38.0 Å². The van der Waals surface area contributed by atoms with Gasteiger partial charge in [0.2, 0.25) is 0 Å². The molecule has 30 heavy (non-hydrogen) atoms. The second-order valence-electron chi connectivity index (χ2n) is 9.95. The standard InChI is InChI=1S/C26H35NO2Si/c1-20(2)22-17-26(13-7-8-14-30(4,5)6)18-24(28)16-23(27(26)19-22)15-21-9-11-25(29-3)12-10-21/h9-12,16H,7,13,15,17-19H2,1-6H3/t26-/m1/s1. The molecule has 3 nitrogen and oxygen atoms in total. The fraction of sp³-hybridized carbons (Fsp3) is 0.500. The molecular formula is C26H35NO2Si. The average Bonchev–Trinajstić information content (AvgIpc) is 3.05. The Labute approximate surface area is 183 Å². The molecule has 4 heteroatoms. The fourth-order valence-corrected chi connectivity index (χ4v) is 5.13. The molecule has 0 aliphatic carbocycles. The Balaban J connectivity index is 1.88. The largest absolute Gasteiger partial charge is 0.497 e. The highest BCUT2D eigenvalue weighted by atomic mass is 28.3. The van der Waals surface area contributed by atoms with Gasteiger partial charge in [0, 0.05) is 37.6 Å². The first kappa shape index (κ1) is 22.4. The van der Waals surface area contributed by atoms with Gasteiger partial charge in [-0.2, -0.15) is 0 Å². The molecule has 0 bridgehead atoms. The van der Waals surface area contributed by atoms with Gasteiger partial charge >= 0.3 is 0 Å². The molecule has 2 heterocycles. The van der Waals surface area contributed by atoms with Gasteiger partial charge in [0.05, 0.1) is 12.6 Å². The molecule has 0 unspecified atom stereocenters. The molecule has 2 aliphatic heterocycles. The summed E-state index contributed by atoms with van der Waals surface area (Å²) in [5.74, 6) is 4.55. The van der Waals surface area contributed by atoms with Gasteiger partial charge in [-0.05, 0) is 50.0 Å². The minimum Gasteiger partial charge on any atom is -0.497 e. The van der Waals surface area contributed by atoms with Gasteiger partial charge in [0.15, 0.2) is 5.78 Å². The molecule has 0 amide bonds. The van der Waals surface area contributed by atoms with Crippen LogP contribution in [0.15, 0.2) is 47.2 Å². The van der Waals surface area contributed by atoms with E-state index in [0.717, 1.165) is 43.7 Å². The predicted molar refractivity (Wildman–Crippen MR) is 127 cm³/mol. The topological polar surface area (TPSA) is 29.5 Å². The number of hydrogen-bond donors (Lipinski definition) is 0. The Morgan fingerprint density at radius 3 is 2.47 bits per heavy atom. The molecule has 2 aliphatic rings. The average molecular weight is 422 g/mol. The molecule has 0 radical (unpaired) electrons. The van der Waals surface area contributed by atoms with Crippen molar-refractivity contribution in [2.75, 3.05) is 13.7 Å². The van der Waals surface area contributed by atoms with E-state index in [1.165, 1.54) is 16.7 Å². The lowest BCUT2D eigenvalue weighted by atomic mass is 9.81. The fourth-order valence-electron chi connectivity index (χ4n) is 4.48. The minimum atomic E-state index is -1.37. The summed E-state index contributed by atoms with van der Waals surface area (Å²) >= 11 is 0. The molecule has 1 aromatic rings. The van der Waals surface area contributed by atoms with E-state index in [9.17, 15) is 4.79 Å². The van der Waals surface area contributed by atoms with Crippen molar-refractivity contribution in [3.05, 3.63) is 52.7 Å². The third kappa shape index (κ3) is 5.26. The number of carbonyl (C=O) groups is 1. The summed E-state index contributed by atoms with van der Waals surface area (Å²) in [4.78, 5) is 15.3. The van der Waals surface area contributed by atoms with Gasteiger partial charge in [-0.3, -0.25) is 4.79 Å². The van der Waals surface area contributed by atoms with Gasteiger partial charge in [0.1, 0.15) is 13.8 Å². The number of ketones is 1. The van der Waals surface area contributed by atoms with Gasteiger partial charge in [-0.25, -0.2) is 0 Å². The maximum atomic E-state index is 12.8. The summed E-state index contributed by atoms with van der Waals surface area (Å²) in [6.07, 6.45) is 6.05. The number of rotatable bonds is 5. The van der Waals surface area contributed by atoms with E-state index >= 15 is 0 Å². The predicted octanol–water partition coefficient (Wildman–Crippen LogP) is 5.54. The van der Waals surface area contributed by atoms with Crippen molar-refractivity contribution in [1.29, 1.82) is 0 Å². The lowest BCUT2D eigenvalue weighted by Crippen LogP contribution is -2.48. The van der Waals surface area contributed by atoms with E-state index in [1.54, 1.807) is 7.11 Å². The zero-order valence-corrected chi connectivity index (χ0v) is 20.4. The number of allylic oxidation sites excluding steroid dienone is 3. The Kier molecular flexibility index (Phi) is 6.62. The van der Waals surface area contributed by atoms with Crippen molar-refractivity contribution in [2.45, 2.75) is 71.1 Å². The molecule has 1 atom stereocenters. The van der Waals surface area contributed by atoms with E-state index in [-0.39, 0.29) is 11.3 Å². The zero-order chi connectivity index (χ0) is 21.9. The van der Waals surface area contributed by atoms with Crippen LogP contribution >= 0.6 is 0 Å². The van der Waals surface area contributed by atoms with Gasteiger partial charge in [-0.1, -0.05) is 37.3 Å². The summed E-state index contributed by atoms with van der Waals surface area (Å²) in [7, 11) is 0.313. The van der Waals surface area contributed by atoms with Crippen LogP contribution in [-0.2, 0) is 11.2 Å². The number of nitrogens with zero attached hydrogens (tertiary/aromatic N) is 1. The highest BCUT2D eigenvalue weighted by molar-refractivity contribution is 6.83. The molecule has 0 aromatic heterocycles. The molecule has 160 valence electrons. The van der Waals surface area contributed by atoms with Gasteiger partial charge in [-0.15, -0.1) is 11.5 Å². The minimum absolute atomic E-state index is 0.117. The highest BCUT2D eigenvalue weighted by Gasteiger charge is 2.47. The normalized spacial score (nSPS) is 21.0. The summed E-state index contributed by atoms with van der Waals surface area (Å²) in [5, 5.41) is 0. The molecule has 0 N–H and O–H groups in total. The maximum Gasteiger partial charge on any atom is 0.159 e. The first-order valence-corrected chi connectivity index (χ1v) is 14.4.